The maximum Gasteiger partial charge on any atom is 0.326 e. The molecule has 20 heteroatoms. The Bertz CT molecular complexity index is 935. The van der Waals surface area contributed by atoms with Crippen LogP contribution in [0.25, 0.3) is 0 Å². The molecule has 0 unspecified atom stereocenters. The summed E-state index contributed by atoms with van der Waals surface area (Å²) in [6.07, 6.45) is 1.05. The minimum absolute atomic E-state index is 0.0256. The molecule has 3 amide bonds. The normalized spacial score (nSPS) is 13.4. The Kier molecular flexibility index (Phi) is 19.3. The lowest BCUT2D eigenvalue weighted by Gasteiger charge is -2.25. The number of carbonyl (C=O) groups excluding carboxylic acids is 3. The SMILES string of the molecule is NC(N)=NCCC[C@H](NC(=O)[C@H](CCCN=C(N)N)NC(=O)[C@H](CCCN=C(N)N)NC(=O)[C@H](CS)NS)C(=O)O. The fourth-order valence-corrected chi connectivity index (χ4v) is 3.91. The van der Waals surface area contributed by atoms with E-state index in [0.717, 1.165) is 0 Å². The van der Waals surface area contributed by atoms with Crippen LogP contribution >= 0.6 is 25.4 Å². The predicted molar refractivity (Wildman–Crippen MR) is 163 cm³/mol. The zero-order chi connectivity index (χ0) is 31.4. The molecule has 0 saturated heterocycles. The second-order valence-corrected chi connectivity index (χ2v) is 9.36. The summed E-state index contributed by atoms with van der Waals surface area (Å²) in [7, 11) is 0. The average Bonchev–Trinajstić information content (AvgIpc) is 2.89. The molecule has 18 nitrogen and oxygen atoms in total. The van der Waals surface area contributed by atoms with E-state index in [4.69, 9.17) is 34.4 Å². The van der Waals surface area contributed by atoms with Crippen molar-refractivity contribution in [2.45, 2.75) is 62.7 Å². The molecule has 4 atom stereocenters. The number of guanidine groups is 3. The number of hydrogen-bond donors (Lipinski definition) is 13. The Morgan fingerprint density at radius 1 is 0.610 bits per heavy atom. The molecular formula is C21H43N13O5S2. The van der Waals surface area contributed by atoms with Crippen molar-refractivity contribution in [1.29, 1.82) is 0 Å². The summed E-state index contributed by atoms with van der Waals surface area (Å²) in [5.74, 6) is -3.62. The van der Waals surface area contributed by atoms with Gasteiger partial charge in [-0.2, -0.15) is 12.6 Å². The first kappa shape index (κ1) is 37.4. The number of carboxylic acids is 1. The van der Waals surface area contributed by atoms with Gasteiger partial charge in [0.2, 0.25) is 17.7 Å². The number of aliphatic imine (C=N–C) groups is 3. The second kappa shape index (κ2) is 21.1. The first-order chi connectivity index (χ1) is 19.3. The van der Waals surface area contributed by atoms with E-state index in [9.17, 15) is 24.3 Å². The number of amides is 3. The van der Waals surface area contributed by atoms with Gasteiger partial charge in [0.1, 0.15) is 24.2 Å². The van der Waals surface area contributed by atoms with Crippen LogP contribution in [0.2, 0.25) is 0 Å². The molecule has 234 valence electrons. The quantitative estimate of drug-likeness (QED) is 0.0249. The number of hydrogen-bond acceptors (Lipinski definition) is 10. The van der Waals surface area contributed by atoms with E-state index in [1.165, 1.54) is 0 Å². The molecule has 0 rings (SSSR count). The van der Waals surface area contributed by atoms with Crippen molar-refractivity contribution in [1.82, 2.24) is 20.7 Å². The molecule has 0 bridgehead atoms. The standard InChI is InChI=1S/C21H43N13O5S2/c22-19(23)28-7-1-4-11(32-17(37)14(10-40)34-41)15(35)31-12(5-2-8-29-20(24)25)16(36)33-13(18(38)39)6-3-9-30-21(26)27/h11-14,34,40-41H,1-10H2,(H,31,35)(H,32,37)(H,33,36)(H,38,39)(H4,22,23,28)(H4,24,25,29)(H4,26,27,30)/t11-,12-,13-,14-/m0/s1. The van der Waals surface area contributed by atoms with E-state index < -0.39 is 47.9 Å². The summed E-state index contributed by atoms with van der Waals surface area (Å²) in [5, 5.41) is 17.2. The van der Waals surface area contributed by atoms with Gasteiger partial charge in [0, 0.05) is 25.4 Å². The van der Waals surface area contributed by atoms with Crippen LogP contribution in [0.4, 0.5) is 0 Å². The van der Waals surface area contributed by atoms with E-state index >= 15 is 0 Å². The molecule has 0 aromatic rings. The first-order valence-electron chi connectivity index (χ1n) is 12.6. The largest absolute Gasteiger partial charge is 0.480 e. The first-order valence-corrected chi connectivity index (χ1v) is 13.7. The number of carbonyl (C=O) groups is 4. The third kappa shape index (κ3) is 17.6. The van der Waals surface area contributed by atoms with E-state index in [2.05, 4.69) is 61.1 Å². The van der Waals surface area contributed by atoms with Crippen molar-refractivity contribution in [2.75, 3.05) is 25.4 Å². The Balaban J connectivity index is 5.76. The van der Waals surface area contributed by atoms with Gasteiger partial charge in [0.05, 0.1) is 0 Å². The molecule has 0 fully saturated rings. The second-order valence-electron chi connectivity index (χ2n) is 8.73. The highest BCUT2D eigenvalue weighted by molar-refractivity contribution is 7.80. The van der Waals surface area contributed by atoms with Crippen molar-refractivity contribution in [3.8, 4) is 0 Å². The molecule has 0 aromatic carbocycles. The van der Waals surface area contributed by atoms with Crippen LogP contribution < -0.4 is 55.1 Å². The molecule has 0 aliphatic carbocycles. The molecule has 0 aliphatic rings. The number of nitrogens with two attached hydrogens (primary N) is 6. The van der Waals surface area contributed by atoms with Crippen LogP contribution in [-0.2, 0) is 19.2 Å². The smallest absolute Gasteiger partial charge is 0.326 e. The summed E-state index contributed by atoms with van der Waals surface area (Å²) >= 11 is 7.98. The van der Waals surface area contributed by atoms with Crippen LogP contribution in [0, 0.1) is 0 Å². The third-order valence-electron chi connectivity index (χ3n) is 5.37. The summed E-state index contributed by atoms with van der Waals surface area (Å²) in [6, 6.07) is -4.37. The number of nitrogens with zero attached hydrogens (tertiary/aromatic N) is 3. The molecule has 17 N–H and O–H groups in total. The van der Waals surface area contributed by atoms with Gasteiger partial charge in [0.25, 0.3) is 0 Å². The summed E-state index contributed by atoms with van der Waals surface area (Å²) in [6.45, 7) is 0.500. The van der Waals surface area contributed by atoms with Crippen molar-refractivity contribution in [3.05, 3.63) is 0 Å². The number of carboxylic acid groups (broad SMARTS) is 1. The monoisotopic (exact) mass is 621 g/mol. The lowest BCUT2D eigenvalue weighted by atomic mass is 10.1. The predicted octanol–water partition coefficient (Wildman–Crippen LogP) is -4.58. The highest BCUT2D eigenvalue weighted by atomic mass is 32.1. The highest BCUT2D eigenvalue weighted by Crippen LogP contribution is 2.06. The van der Waals surface area contributed by atoms with Gasteiger partial charge in [-0.25, -0.2) is 4.79 Å². The molecule has 0 heterocycles. The fraction of sp³-hybridized carbons (Fsp3) is 0.667. The van der Waals surface area contributed by atoms with Crippen molar-refractivity contribution in [3.63, 3.8) is 0 Å². The van der Waals surface area contributed by atoms with Gasteiger partial charge in [-0.15, -0.1) is 0 Å². The fourth-order valence-electron chi connectivity index (χ4n) is 3.31. The van der Waals surface area contributed by atoms with Gasteiger partial charge < -0.3 is 55.5 Å². The Morgan fingerprint density at radius 3 is 1.22 bits per heavy atom. The zero-order valence-electron chi connectivity index (χ0n) is 22.7. The van der Waals surface area contributed by atoms with Crippen LogP contribution in [-0.4, -0.2) is 96.2 Å². The lowest BCUT2D eigenvalue weighted by molar-refractivity contribution is -0.142. The minimum atomic E-state index is -1.28. The molecule has 0 saturated carbocycles. The van der Waals surface area contributed by atoms with E-state index in [1.807, 2.05) is 0 Å². The summed E-state index contributed by atoms with van der Waals surface area (Å²) in [4.78, 5) is 62.3. The Morgan fingerprint density at radius 2 is 0.927 bits per heavy atom. The lowest BCUT2D eigenvalue weighted by Crippen LogP contribution is -2.57. The Labute approximate surface area is 249 Å². The molecule has 0 aromatic heterocycles. The molecular weight excluding hydrogens is 578 g/mol. The van der Waals surface area contributed by atoms with Gasteiger partial charge in [-0.3, -0.25) is 34.1 Å². The van der Waals surface area contributed by atoms with Crippen LogP contribution in [0.3, 0.4) is 0 Å². The average molecular weight is 622 g/mol. The highest BCUT2D eigenvalue weighted by Gasteiger charge is 2.30. The number of nitrogens with one attached hydrogen (secondary N) is 4. The van der Waals surface area contributed by atoms with Crippen LogP contribution in [0.5, 0.6) is 0 Å². The van der Waals surface area contributed by atoms with Gasteiger partial charge in [-0.05, 0) is 38.5 Å². The van der Waals surface area contributed by atoms with Crippen LogP contribution in [0.1, 0.15) is 38.5 Å². The topological polar surface area (TPSA) is 330 Å². The molecule has 0 radical (unpaired) electrons. The van der Waals surface area contributed by atoms with Crippen molar-refractivity contribution < 1.29 is 24.3 Å². The molecule has 0 aliphatic heterocycles. The molecule has 41 heavy (non-hydrogen) atoms. The van der Waals surface area contributed by atoms with Gasteiger partial charge in [0.15, 0.2) is 17.9 Å². The zero-order valence-corrected chi connectivity index (χ0v) is 24.4. The molecule has 0 spiro atoms. The van der Waals surface area contributed by atoms with Crippen molar-refractivity contribution >= 4 is 67.0 Å². The van der Waals surface area contributed by atoms with E-state index in [-0.39, 0.29) is 75.4 Å². The van der Waals surface area contributed by atoms with E-state index in [0.29, 0.717) is 6.42 Å². The maximum absolute atomic E-state index is 13.3. The number of aliphatic carboxylic acids is 1. The number of thiol groups is 2. The third-order valence-corrected chi connectivity index (χ3v) is 6.05. The van der Waals surface area contributed by atoms with Crippen molar-refractivity contribution in [2.24, 2.45) is 49.4 Å². The number of rotatable bonds is 21. The van der Waals surface area contributed by atoms with Gasteiger partial charge in [-0.1, -0.05) is 12.8 Å². The summed E-state index contributed by atoms with van der Waals surface area (Å²) in [5.41, 5.74) is 31.9. The minimum Gasteiger partial charge on any atom is -0.480 e. The maximum atomic E-state index is 13.3. The van der Waals surface area contributed by atoms with Gasteiger partial charge >= 0.3 is 5.97 Å². The van der Waals surface area contributed by atoms with E-state index in [1.54, 1.807) is 0 Å². The van der Waals surface area contributed by atoms with Crippen LogP contribution in [0.15, 0.2) is 15.0 Å². The summed E-state index contributed by atoms with van der Waals surface area (Å²) < 4.78 is 2.48. The Hall–Kier alpha value is -3.65.